The Morgan fingerprint density at radius 2 is 1.21 bits per heavy atom. The van der Waals surface area contributed by atoms with Gasteiger partial charge in [0.1, 0.15) is 0 Å². The minimum Gasteiger partial charge on any atom is -0.327 e. The Hall–Kier alpha value is -1.84. The molecule has 0 atom stereocenters. The smallest absolute Gasteiger partial charge is 0.250 e. The molecular weight excluding hydrogens is 180 g/mol. The summed E-state index contributed by atoms with van der Waals surface area (Å²) in [5.74, 6) is -0.573. The van der Waals surface area contributed by atoms with Gasteiger partial charge in [-0.3, -0.25) is 9.59 Å². The molecule has 0 bridgehead atoms. The third-order valence-corrected chi connectivity index (χ3v) is 1.29. The minimum absolute atomic E-state index is 0.286. The predicted molar refractivity (Wildman–Crippen MR) is 55.1 cm³/mol. The Balaban J connectivity index is 3.86. The summed E-state index contributed by atoms with van der Waals surface area (Å²) in [5.41, 5.74) is 0.807. The topological polar surface area (TPSA) is 58.2 Å². The van der Waals surface area contributed by atoms with E-state index in [0.29, 0.717) is 11.1 Å². The molecule has 0 rings (SSSR count). The molecule has 4 nitrogen and oxygen atoms in total. The summed E-state index contributed by atoms with van der Waals surface area (Å²) in [6, 6.07) is 0. The molecule has 2 N–H and O–H groups in total. The maximum Gasteiger partial charge on any atom is 0.250 e. The van der Waals surface area contributed by atoms with E-state index in [1.165, 1.54) is 12.4 Å². The Kier molecular flexibility index (Phi) is 4.99. The summed E-state index contributed by atoms with van der Waals surface area (Å²) in [5, 5.41) is 4.83. The second kappa shape index (κ2) is 5.75. The van der Waals surface area contributed by atoms with Crippen molar-refractivity contribution in [2.75, 3.05) is 0 Å². The fraction of sp³-hybridized carbons (Fsp3) is 0.200. The fourth-order valence-electron chi connectivity index (χ4n) is 0.481. The van der Waals surface area contributed by atoms with E-state index in [4.69, 9.17) is 0 Å². The van der Waals surface area contributed by atoms with Crippen molar-refractivity contribution in [3.05, 3.63) is 36.7 Å². The molecule has 0 saturated heterocycles. The van der Waals surface area contributed by atoms with Gasteiger partial charge in [0.15, 0.2) is 0 Å². The number of carbonyl (C=O) groups is 2. The second-order valence-electron chi connectivity index (χ2n) is 2.84. The summed E-state index contributed by atoms with van der Waals surface area (Å²) in [4.78, 5) is 21.9. The Morgan fingerprint density at radius 3 is 1.43 bits per heavy atom. The Morgan fingerprint density at radius 1 is 0.929 bits per heavy atom. The molecule has 0 radical (unpaired) electrons. The van der Waals surface area contributed by atoms with Crippen LogP contribution in [-0.2, 0) is 9.59 Å². The van der Waals surface area contributed by atoms with Crippen LogP contribution in [0.5, 0.6) is 0 Å². The fourth-order valence-corrected chi connectivity index (χ4v) is 0.481. The zero-order chi connectivity index (χ0) is 11.1. The van der Waals surface area contributed by atoms with E-state index >= 15 is 0 Å². The van der Waals surface area contributed by atoms with Crippen LogP contribution in [0, 0.1) is 0 Å². The summed E-state index contributed by atoms with van der Waals surface area (Å²) >= 11 is 0. The molecule has 0 fully saturated rings. The minimum atomic E-state index is -0.286. The third kappa shape index (κ3) is 4.92. The lowest BCUT2D eigenvalue weighted by Gasteiger charge is -1.99. The standard InChI is InChI=1S/C10H14N2O2/c1-7(2)9(13)11-5-6-12-10(14)8(3)4/h5-6H,1,3H2,2,4H3,(H,11,13)(H,12,14)/b6-5+. The lowest BCUT2D eigenvalue weighted by molar-refractivity contribution is -0.117. The number of rotatable bonds is 4. The second-order valence-corrected chi connectivity index (χ2v) is 2.84. The first-order valence-corrected chi connectivity index (χ1v) is 4.03. The highest BCUT2D eigenvalue weighted by atomic mass is 16.2. The quantitative estimate of drug-likeness (QED) is 0.651. The van der Waals surface area contributed by atoms with Crippen molar-refractivity contribution >= 4 is 11.8 Å². The molecule has 0 aromatic heterocycles. The van der Waals surface area contributed by atoms with E-state index in [1.54, 1.807) is 13.8 Å². The van der Waals surface area contributed by atoms with Gasteiger partial charge in [-0.1, -0.05) is 13.2 Å². The molecule has 0 saturated carbocycles. The largest absolute Gasteiger partial charge is 0.327 e. The first-order valence-electron chi connectivity index (χ1n) is 4.03. The maximum absolute atomic E-state index is 10.9. The zero-order valence-electron chi connectivity index (χ0n) is 8.39. The van der Waals surface area contributed by atoms with Crippen LogP contribution in [0.1, 0.15) is 13.8 Å². The summed E-state index contributed by atoms with van der Waals surface area (Å²) in [6.45, 7) is 10.1. The van der Waals surface area contributed by atoms with Crippen molar-refractivity contribution in [2.45, 2.75) is 13.8 Å². The van der Waals surface area contributed by atoms with E-state index in [0.717, 1.165) is 0 Å². The monoisotopic (exact) mass is 194 g/mol. The molecule has 0 aromatic carbocycles. The molecule has 0 spiro atoms. The molecule has 4 heteroatoms. The van der Waals surface area contributed by atoms with E-state index in [2.05, 4.69) is 23.8 Å². The normalized spacial score (nSPS) is 9.57. The average molecular weight is 194 g/mol. The van der Waals surface area contributed by atoms with Gasteiger partial charge in [-0.15, -0.1) is 0 Å². The van der Waals surface area contributed by atoms with E-state index < -0.39 is 0 Å². The molecule has 0 aliphatic heterocycles. The van der Waals surface area contributed by atoms with Crippen LogP contribution in [0.4, 0.5) is 0 Å². The molecule has 0 aliphatic rings. The van der Waals surface area contributed by atoms with Crippen LogP contribution < -0.4 is 10.6 Å². The van der Waals surface area contributed by atoms with Crippen molar-refractivity contribution in [3.63, 3.8) is 0 Å². The van der Waals surface area contributed by atoms with Crippen molar-refractivity contribution in [1.29, 1.82) is 0 Å². The van der Waals surface area contributed by atoms with Gasteiger partial charge in [-0.05, 0) is 13.8 Å². The van der Waals surface area contributed by atoms with E-state index in [1.807, 2.05) is 0 Å². The van der Waals surface area contributed by atoms with Gasteiger partial charge in [0, 0.05) is 23.5 Å². The Labute approximate surface area is 83.4 Å². The van der Waals surface area contributed by atoms with E-state index in [9.17, 15) is 9.59 Å². The molecule has 0 aromatic rings. The molecule has 0 aliphatic carbocycles. The van der Waals surface area contributed by atoms with Crippen LogP contribution in [-0.4, -0.2) is 11.8 Å². The number of hydrogen-bond acceptors (Lipinski definition) is 2. The molecule has 0 unspecified atom stereocenters. The lowest BCUT2D eigenvalue weighted by atomic mass is 10.3. The van der Waals surface area contributed by atoms with Gasteiger partial charge in [-0.25, -0.2) is 0 Å². The van der Waals surface area contributed by atoms with Gasteiger partial charge < -0.3 is 10.6 Å². The molecule has 0 heterocycles. The van der Waals surface area contributed by atoms with Crippen LogP contribution in [0.2, 0.25) is 0 Å². The van der Waals surface area contributed by atoms with Gasteiger partial charge in [0.25, 0.3) is 0 Å². The number of nitrogens with one attached hydrogen (secondary N) is 2. The van der Waals surface area contributed by atoms with Gasteiger partial charge in [-0.2, -0.15) is 0 Å². The first kappa shape index (κ1) is 12.2. The molecule has 14 heavy (non-hydrogen) atoms. The van der Waals surface area contributed by atoms with Crippen LogP contribution in [0.25, 0.3) is 0 Å². The third-order valence-electron chi connectivity index (χ3n) is 1.29. The van der Waals surface area contributed by atoms with Crippen LogP contribution >= 0.6 is 0 Å². The number of amides is 2. The maximum atomic E-state index is 10.9. The van der Waals surface area contributed by atoms with Crippen LogP contribution in [0.15, 0.2) is 36.7 Å². The van der Waals surface area contributed by atoms with Crippen molar-refractivity contribution in [1.82, 2.24) is 10.6 Å². The zero-order valence-corrected chi connectivity index (χ0v) is 8.39. The van der Waals surface area contributed by atoms with E-state index in [-0.39, 0.29) is 11.8 Å². The summed E-state index contributed by atoms with van der Waals surface area (Å²) in [7, 11) is 0. The molecule has 76 valence electrons. The highest BCUT2D eigenvalue weighted by molar-refractivity contribution is 5.93. The number of hydrogen-bond donors (Lipinski definition) is 2. The lowest BCUT2D eigenvalue weighted by Crippen LogP contribution is -2.21. The van der Waals surface area contributed by atoms with Crippen molar-refractivity contribution < 1.29 is 9.59 Å². The predicted octanol–water partition coefficient (Wildman–Crippen LogP) is 0.842. The summed E-state index contributed by atoms with van der Waals surface area (Å²) in [6.07, 6.45) is 2.66. The average Bonchev–Trinajstić information content (AvgIpc) is 2.11. The van der Waals surface area contributed by atoms with Crippen molar-refractivity contribution in [2.24, 2.45) is 0 Å². The summed E-state index contributed by atoms with van der Waals surface area (Å²) < 4.78 is 0. The van der Waals surface area contributed by atoms with Gasteiger partial charge in [0.05, 0.1) is 0 Å². The highest BCUT2D eigenvalue weighted by Gasteiger charge is 1.98. The van der Waals surface area contributed by atoms with Crippen LogP contribution in [0.3, 0.4) is 0 Å². The SMILES string of the molecule is C=C(C)C(=O)N/C=C/NC(=O)C(=C)C. The highest BCUT2D eigenvalue weighted by Crippen LogP contribution is 1.86. The molecule has 2 amide bonds. The number of carbonyl (C=O) groups excluding carboxylic acids is 2. The Bertz CT molecular complexity index is 273. The van der Waals surface area contributed by atoms with Crippen molar-refractivity contribution in [3.8, 4) is 0 Å². The van der Waals surface area contributed by atoms with Gasteiger partial charge in [0.2, 0.25) is 11.8 Å². The first-order chi connectivity index (χ1) is 6.45. The van der Waals surface area contributed by atoms with Gasteiger partial charge >= 0.3 is 0 Å². The molecular formula is C10H14N2O2.